The Labute approximate surface area is 109 Å². The number of nitrogens with zero attached hydrogens (tertiary/aromatic N) is 3. The zero-order valence-electron chi connectivity index (χ0n) is 9.14. The van der Waals surface area contributed by atoms with E-state index >= 15 is 0 Å². The van der Waals surface area contributed by atoms with Gasteiger partial charge < -0.3 is 0 Å². The maximum atomic E-state index is 4.64. The summed E-state index contributed by atoms with van der Waals surface area (Å²) in [6, 6.07) is 0. The molecular formula is C11H7N3S3. The Morgan fingerprint density at radius 2 is 1.41 bits per heavy atom. The van der Waals surface area contributed by atoms with Gasteiger partial charge in [-0.1, -0.05) is 0 Å². The molecule has 0 saturated carbocycles. The van der Waals surface area contributed by atoms with Gasteiger partial charge in [-0.15, -0.1) is 34.0 Å². The lowest BCUT2D eigenvalue weighted by atomic mass is 10.3. The van der Waals surface area contributed by atoms with Crippen LogP contribution in [0.25, 0.3) is 30.6 Å². The molecule has 0 radical (unpaired) electrons. The van der Waals surface area contributed by atoms with Crippen molar-refractivity contribution in [2.45, 2.75) is 13.8 Å². The van der Waals surface area contributed by atoms with Crippen molar-refractivity contribution in [2.75, 3.05) is 0 Å². The maximum absolute atomic E-state index is 4.64. The summed E-state index contributed by atoms with van der Waals surface area (Å²) < 4.78 is 3.61. The predicted octanol–water partition coefficient (Wildman–Crippen LogP) is 4.13. The standard InChI is InChI=1S/C11H7N3S3/c1-4-13-7-9-6(12-3-15-9)10-8(11(7)17-4)14-5(2)16-10/h3H,1-2H3. The van der Waals surface area contributed by atoms with Gasteiger partial charge in [-0.05, 0) is 13.8 Å². The highest BCUT2D eigenvalue weighted by molar-refractivity contribution is 7.25. The van der Waals surface area contributed by atoms with Crippen LogP contribution in [0, 0.1) is 13.8 Å². The van der Waals surface area contributed by atoms with E-state index in [4.69, 9.17) is 0 Å². The molecule has 4 rings (SSSR count). The first kappa shape index (κ1) is 9.87. The van der Waals surface area contributed by atoms with Gasteiger partial charge >= 0.3 is 0 Å². The lowest BCUT2D eigenvalue weighted by Gasteiger charge is -1.92. The van der Waals surface area contributed by atoms with Gasteiger partial charge in [0.2, 0.25) is 0 Å². The monoisotopic (exact) mass is 277 g/mol. The molecule has 1 aromatic carbocycles. The van der Waals surface area contributed by atoms with E-state index in [1.165, 1.54) is 14.1 Å². The van der Waals surface area contributed by atoms with Gasteiger partial charge in [0.05, 0.1) is 29.6 Å². The van der Waals surface area contributed by atoms with Crippen LogP contribution < -0.4 is 0 Å². The molecule has 3 aromatic heterocycles. The van der Waals surface area contributed by atoms with Crippen LogP contribution in [0.2, 0.25) is 0 Å². The van der Waals surface area contributed by atoms with E-state index in [9.17, 15) is 0 Å². The topological polar surface area (TPSA) is 38.7 Å². The highest BCUT2D eigenvalue weighted by Crippen LogP contribution is 2.40. The van der Waals surface area contributed by atoms with Gasteiger partial charge in [0.25, 0.3) is 0 Å². The summed E-state index contributed by atoms with van der Waals surface area (Å²) in [5, 5.41) is 2.18. The summed E-state index contributed by atoms with van der Waals surface area (Å²) in [6.07, 6.45) is 0. The Morgan fingerprint density at radius 3 is 2.12 bits per heavy atom. The number of benzene rings is 1. The van der Waals surface area contributed by atoms with Crippen LogP contribution in [-0.2, 0) is 0 Å². The average Bonchev–Trinajstić information content (AvgIpc) is 2.91. The van der Waals surface area contributed by atoms with Crippen molar-refractivity contribution in [3.8, 4) is 0 Å². The summed E-state index contributed by atoms with van der Waals surface area (Å²) in [6.45, 7) is 4.09. The third-order valence-electron chi connectivity index (χ3n) is 2.68. The number of aromatic nitrogens is 3. The van der Waals surface area contributed by atoms with Crippen LogP contribution in [-0.4, -0.2) is 15.0 Å². The Bertz CT molecular complexity index is 798. The normalized spacial score (nSPS) is 12.1. The molecule has 0 fully saturated rings. The lowest BCUT2D eigenvalue weighted by Crippen LogP contribution is -1.75. The van der Waals surface area contributed by atoms with Crippen LogP contribution in [0.3, 0.4) is 0 Å². The molecule has 0 saturated heterocycles. The minimum atomic E-state index is 1.06. The molecule has 3 nitrogen and oxygen atoms in total. The Kier molecular flexibility index (Phi) is 1.87. The zero-order valence-corrected chi connectivity index (χ0v) is 11.6. The van der Waals surface area contributed by atoms with Gasteiger partial charge in [0.15, 0.2) is 0 Å². The number of aryl methyl sites for hydroxylation is 2. The molecule has 0 bridgehead atoms. The van der Waals surface area contributed by atoms with Gasteiger partial charge in [-0.25, -0.2) is 15.0 Å². The molecule has 3 heterocycles. The van der Waals surface area contributed by atoms with Crippen LogP contribution in [0.1, 0.15) is 10.0 Å². The first-order chi connectivity index (χ1) is 8.24. The minimum Gasteiger partial charge on any atom is -0.243 e. The van der Waals surface area contributed by atoms with Gasteiger partial charge in [-0.3, -0.25) is 0 Å². The number of thiazole rings is 3. The molecule has 0 amide bonds. The van der Waals surface area contributed by atoms with E-state index in [0.717, 1.165) is 26.6 Å². The molecule has 0 aliphatic rings. The number of rotatable bonds is 0. The zero-order chi connectivity index (χ0) is 11.6. The van der Waals surface area contributed by atoms with Crippen LogP contribution in [0.15, 0.2) is 5.51 Å². The van der Waals surface area contributed by atoms with Crippen molar-refractivity contribution in [1.29, 1.82) is 0 Å². The van der Waals surface area contributed by atoms with Crippen molar-refractivity contribution in [3.63, 3.8) is 0 Å². The van der Waals surface area contributed by atoms with E-state index in [1.54, 1.807) is 34.0 Å². The fourth-order valence-corrected chi connectivity index (χ4v) is 4.89. The number of hydrogen-bond donors (Lipinski definition) is 0. The summed E-state index contributed by atoms with van der Waals surface area (Å²) >= 11 is 5.11. The smallest absolute Gasteiger partial charge is 0.103 e. The largest absolute Gasteiger partial charge is 0.243 e. The van der Waals surface area contributed by atoms with E-state index in [1.807, 2.05) is 19.4 Å². The molecule has 84 valence electrons. The Morgan fingerprint density at radius 1 is 0.824 bits per heavy atom. The van der Waals surface area contributed by atoms with Crippen molar-refractivity contribution >= 4 is 64.7 Å². The molecule has 6 heteroatoms. The summed E-state index contributed by atoms with van der Waals surface area (Å²) in [7, 11) is 0. The summed E-state index contributed by atoms with van der Waals surface area (Å²) in [5.41, 5.74) is 5.11. The molecule has 0 aliphatic carbocycles. The van der Waals surface area contributed by atoms with E-state index in [2.05, 4.69) is 15.0 Å². The molecule has 0 atom stereocenters. The summed E-state index contributed by atoms with van der Waals surface area (Å²) in [4.78, 5) is 13.7. The lowest BCUT2D eigenvalue weighted by molar-refractivity contribution is 1.35. The van der Waals surface area contributed by atoms with Crippen molar-refractivity contribution in [2.24, 2.45) is 0 Å². The molecule has 4 aromatic rings. The molecule has 17 heavy (non-hydrogen) atoms. The fourth-order valence-electron chi connectivity index (χ4n) is 2.06. The highest BCUT2D eigenvalue weighted by Gasteiger charge is 2.17. The van der Waals surface area contributed by atoms with Gasteiger partial charge in [0.1, 0.15) is 16.6 Å². The van der Waals surface area contributed by atoms with E-state index in [0.29, 0.717) is 0 Å². The van der Waals surface area contributed by atoms with Gasteiger partial charge in [0, 0.05) is 0 Å². The second-order valence-corrected chi connectivity index (χ2v) is 7.11. The third-order valence-corrected chi connectivity index (χ3v) is 5.47. The fraction of sp³-hybridized carbons (Fsp3) is 0.182. The second-order valence-electron chi connectivity index (χ2n) is 3.85. The third kappa shape index (κ3) is 1.23. The first-order valence-corrected chi connectivity index (χ1v) is 7.65. The quantitative estimate of drug-likeness (QED) is 0.485. The van der Waals surface area contributed by atoms with Crippen LogP contribution in [0.5, 0.6) is 0 Å². The van der Waals surface area contributed by atoms with Crippen molar-refractivity contribution < 1.29 is 0 Å². The Balaban J connectivity index is 2.46. The predicted molar refractivity (Wildman–Crippen MR) is 75.5 cm³/mol. The molecule has 0 N–H and O–H groups in total. The second kappa shape index (κ2) is 3.22. The van der Waals surface area contributed by atoms with Gasteiger partial charge in [-0.2, -0.15) is 0 Å². The average molecular weight is 277 g/mol. The molecule has 0 unspecified atom stereocenters. The number of hydrogen-bond acceptors (Lipinski definition) is 6. The molecule has 0 aliphatic heterocycles. The van der Waals surface area contributed by atoms with E-state index < -0.39 is 0 Å². The van der Waals surface area contributed by atoms with E-state index in [-0.39, 0.29) is 0 Å². The first-order valence-electron chi connectivity index (χ1n) is 5.13. The summed E-state index contributed by atoms with van der Waals surface area (Å²) in [5.74, 6) is 0. The maximum Gasteiger partial charge on any atom is 0.103 e. The van der Waals surface area contributed by atoms with Crippen molar-refractivity contribution in [3.05, 3.63) is 15.5 Å². The minimum absolute atomic E-state index is 1.06. The highest BCUT2D eigenvalue weighted by atomic mass is 32.1. The Hall–Kier alpha value is -1.11. The number of fused-ring (bicyclic) bond motifs is 6. The molecular weight excluding hydrogens is 270 g/mol. The van der Waals surface area contributed by atoms with Crippen LogP contribution in [0.4, 0.5) is 0 Å². The molecule has 0 spiro atoms. The van der Waals surface area contributed by atoms with Crippen molar-refractivity contribution in [1.82, 2.24) is 15.0 Å². The van der Waals surface area contributed by atoms with Crippen LogP contribution >= 0.6 is 34.0 Å². The SMILES string of the molecule is Cc1nc2c(s1)c1ncsc1c1nc(C)sc12.